The van der Waals surface area contributed by atoms with Crippen LogP contribution in [0.25, 0.3) is 10.6 Å². The monoisotopic (exact) mass is 288 g/mol. The summed E-state index contributed by atoms with van der Waals surface area (Å²) in [5, 5.41) is 2.05. The maximum absolute atomic E-state index is 4.18. The minimum absolute atomic E-state index is 0.978. The Labute approximate surface area is 87.8 Å². The topological polar surface area (TPSA) is 25.8 Å². The second-order valence-electron chi connectivity index (χ2n) is 2.20. The van der Waals surface area contributed by atoms with E-state index in [-0.39, 0.29) is 0 Å². The summed E-state index contributed by atoms with van der Waals surface area (Å²) in [4.78, 5) is 9.40. The Hall–Kier alpha value is -0.490. The molecule has 2 rings (SSSR count). The van der Waals surface area contributed by atoms with E-state index < -0.39 is 0 Å². The van der Waals surface area contributed by atoms with Crippen molar-refractivity contribution in [2.45, 2.75) is 0 Å². The van der Waals surface area contributed by atoms with Crippen molar-refractivity contribution in [2.24, 2.45) is 0 Å². The average Bonchev–Trinajstić information content (AvgIpc) is 2.56. The zero-order chi connectivity index (χ0) is 8.39. The molecular weight excluding hydrogens is 283 g/mol. The summed E-state index contributed by atoms with van der Waals surface area (Å²) in [6.45, 7) is 0. The van der Waals surface area contributed by atoms with Crippen LogP contribution in [0.2, 0.25) is 0 Å². The van der Waals surface area contributed by atoms with Crippen LogP contribution >= 0.6 is 33.9 Å². The maximum Gasteiger partial charge on any atom is 0.117 e. The van der Waals surface area contributed by atoms with Gasteiger partial charge in [-0.05, 0) is 40.1 Å². The molecule has 0 saturated carbocycles. The molecule has 2 nitrogen and oxygen atoms in total. The first kappa shape index (κ1) is 8.12. The molecule has 12 heavy (non-hydrogen) atoms. The highest BCUT2D eigenvalue weighted by Crippen LogP contribution is 2.22. The molecule has 0 radical (unpaired) electrons. The Balaban J connectivity index is 2.48. The molecule has 2 aromatic rings. The van der Waals surface area contributed by atoms with Gasteiger partial charge >= 0.3 is 0 Å². The summed E-state index contributed by atoms with van der Waals surface area (Å²) in [5.41, 5.74) is 1.00. The van der Waals surface area contributed by atoms with E-state index in [2.05, 4.69) is 38.6 Å². The van der Waals surface area contributed by atoms with Gasteiger partial charge in [0.05, 0.1) is 10.6 Å². The van der Waals surface area contributed by atoms with E-state index in [9.17, 15) is 0 Å². The van der Waals surface area contributed by atoms with Crippen molar-refractivity contribution >= 4 is 33.9 Å². The predicted octanol–water partition coefficient (Wildman–Crippen LogP) is 2.81. The van der Waals surface area contributed by atoms with Gasteiger partial charge in [-0.15, -0.1) is 11.3 Å². The molecule has 0 unspecified atom stereocenters. The molecule has 0 aliphatic heterocycles. The summed E-state index contributed by atoms with van der Waals surface area (Å²) in [6.07, 6.45) is 1.59. The van der Waals surface area contributed by atoms with Gasteiger partial charge in [0.1, 0.15) is 10.0 Å². The molecule has 0 aliphatic carbocycles. The second-order valence-corrected chi connectivity index (χ2v) is 4.26. The molecule has 4 heteroatoms. The number of hydrogen-bond acceptors (Lipinski definition) is 3. The molecule has 0 atom stereocenters. The summed E-state index contributed by atoms with van der Waals surface area (Å²) in [5.74, 6) is 0. The fourth-order valence-corrected chi connectivity index (χ4v) is 2.01. The molecule has 0 aromatic carbocycles. The van der Waals surface area contributed by atoms with Gasteiger partial charge < -0.3 is 0 Å². The van der Waals surface area contributed by atoms with Gasteiger partial charge in [-0.1, -0.05) is 6.07 Å². The number of hydrogen-bond donors (Lipinski definition) is 0. The highest BCUT2D eigenvalue weighted by molar-refractivity contribution is 14.1. The highest BCUT2D eigenvalue weighted by atomic mass is 127. The molecule has 2 heterocycles. The predicted molar refractivity (Wildman–Crippen MR) is 58.1 cm³/mol. The summed E-state index contributed by atoms with van der Waals surface area (Å²) in [6, 6.07) is 6.06. The highest BCUT2D eigenvalue weighted by Gasteiger charge is 1.99. The van der Waals surface area contributed by atoms with E-state index >= 15 is 0 Å². The molecule has 0 spiro atoms. The van der Waals surface area contributed by atoms with Crippen LogP contribution in [-0.4, -0.2) is 9.97 Å². The Kier molecular flexibility index (Phi) is 2.36. The molecule has 0 bridgehead atoms. The number of halogens is 1. The fourth-order valence-electron chi connectivity index (χ4n) is 0.893. The normalized spacial score (nSPS) is 10.1. The third-order valence-corrected chi connectivity index (χ3v) is 2.89. The van der Waals surface area contributed by atoms with E-state index in [1.54, 1.807) is 17.7 Å². The smallest absolute Gasteiger partial charge is 0.117 e. The van der Waals surface area contributed by atoms with Crippen molar-refractivity contribution in [3.8, 4) is 10.6 Å². The van der Waals surface area contributed by atoms with Crippen LogP contribution in [0.5, 0.6) is 0 Å². The fraction of sp³-hybridized carbons (Fsp3) is 0. The number of nitrogens with zero attached hydrogens (tertiary/aromatic N) is 2. The third-order valence-electron chi connectivity index (χ3n) is 1.41. The lowest BCUT2D eigenvalue weighted by atomic mass is 10.3. The zero-order valence-corrected chi connectivity index (χ0v) is 9.04. The van der Waals surface area contributed by atoms with Gasteiger partial charge in [0, 0.05) is 0 Å². The zero-order valence-electron chi connectivity index (χ0n) is 6.07. The molecule has 0 fully saturated rings. The third kappa shape index (κ3) is 1.64. The van der Waals surface area contributed by atoms with Gasteiger partial charge in [-0.2, -0.15) is 0 Å². The molecule has 60 valence electrons. The number of thiophene rings is 1. The second kappa shape index (κ2) is 3.49. The van der Waals surface area contributed by atoms with Crippen molar-refractivity contribution in [1.82, 2.24) is 9.97 Å². The van der Waals surface area contributed by atoms with Gasteiger partial charge in [0.2, 0.25) is 0 Å². The lowest BCUT2D eigenvalue weighted by Crippen LogP contribution is -1.84. The van der Waals surface area contributed by atoms with E-state index in [1.807, 2.05) is 17.5 Å². The van der Waals surface area contributed by atoms with Gasteiger partial charge in [-0.25, -0.2) is 9.97 Å². The summed E-state index contributed by atoms with van der Waals surface area (Å²) >= 11 is 3.87. The van der Waals surface area contributed by atoms with Crippen LogP contribution in [-0.2, 0) is 0 Å². The van der Waals surface area contributed by atoms with Crippen molar-refractivity contribution in [3.05, 3.63) is 33.6 Å². The van der Waals surface area contributed by atoms with Crippen LogP contribution < -0.4 is 0 Å². The first-order valence-corrected chi connectivity index (χ1v) is 5.33. The van der Waals surface area contributed by atoms with Crippen LogP contribution in [0.1, 0.15) is 0 Å². The maximum atomic E-state index is 4.18. The standard InChI is InChI=1S/C8H5IN2S/c9-8-4-6(10-5-11-8)7-2-1-3-12-7/h1-5H. The Morgan fingerprint density at radius 3 is 2.92 bits per heavy atom. The lowest BCUT2D eigenvalue weighted by Gasteiger charge is -1.94. The van der Waals surface area contributed by atoms with Crippen molar-refractivity contribution in [3.63, 3.8) is 0 Å². The Morgan fingerprint density at radius 1 is 1.33 bits per heavy atom. The largest absolute Gasteiger partial charge is 0.235 e. The van der Waals surface area contributed by atoms with Crippen molar-refractivity contribution < 1.29 is 0 Å². The minimum atomic E-state index is 0.978. The molecule has 0 saturated heterocycles. The first-order chi connectivity index (χ1) is 5.86. The van der Waals surface area contributed by atoms with Crippen molar-refractivity contribution in [1.29, 1.82) is 0 Å². The van der Waals surface area contributed by atoms with E-state index in [1.165, 1.54) is 4.88 Å². The number of rotatable bonds is 1. The van der Waals surface area contributed by atoms with E-state index in [4.69, 9.17) is 0 Å². The Morgan fingerprint density at radius 2 is 2.25 bits per heavy atom. The lowest BCUT2D eigenvalue weighted by molar-refractivity contribution is 1.14. The van der Waals surface area contributed by atoms with Gasteiger partial charge in [-0.3, -0.25) is 0 Å². The number of aromatic nitrogens is 2. The average molecular weight is 288 g/mol. The summed E-state index contributed by atoms with van der Waals surface area (Å²) < 4.78 is 0.978. The SMILES string of the molecule is Ic1cc(-c2cccs2)ncn1. The van der Waals surface area contributed by atoms with Gasteiger partial charge in [0.25, 0.3) is 0 Å². The summed E-state index contributed by atoms with van der Waals surface area (Å²) in [7, 11) is 0. The van der Waals surface area contributed by atoms with Crippen LogP contribution in [0.15, 0.2) is 29.9 Å². The van der Waals surface area contributed by atoms with Crippen LogP contribution in [0.4, 0.5) is 0 Å². The van der Waals surface area contributed by atoms with E-state index in [0.717, 1.165) is 9.39 Å². The Bertz CT molecular complexity index is 372. The van der Waals surface area contributed by atoms with Crippen LogP contribution in [0, 0.1) is 3.70 Å². The quantitative estimate of drug-likeness (QED) is 0.595. The molecule has 0 amide bonds. The van der Waals surface area contributed by atoms with Crippen molar-refractivity contribution in [2.75, 3.05) is 0 Å². The first-order valence-electron chi connectivity index (χ1n) is 3.38. The van der Waals surface area contributed by atoms with Gasteiger partial charge in [0.15, 0.2) is 0 Å². The molecule has 2 aromatic heterocycles. The molecule has 0 N–H and O–H groups in total. The molecule has 0 aliphatic rings. The van der Waals surface area contributed by atoms with Crippen LogP contribution in [0.3, 0.4) is 0 Å². The van der Waals surface area contributed by atoms with E-state index in [0.29, 0.717) is 0 Å². The molecular formula is C8H5IN2S. The minimum Gasteiger partial charge on any atom is -0.235 e.